The number of thioether (sulfide) groups is 1. The maximum absolute atomic E-state index is 12.8. The van der Waals surface area contributed by atoms with Crippen LogP contribution in [0.5, 0.6) is 5.75 Å². The zero-order valence-electron chi connectivity index (χ0n) is 20.3. The number of nitrogens with zero attached hydrogens (tertiary/aromatic N) is 4. The summed E-state index contributed by atoms with van der Waals surface area (Å²) in [5.41, 5.74) is 4.69. The fraction of sp³-hybridized carbons (Fsp3) is 0.214. The number of rotatable bonds is 10. The lowest BCUT2D eigenvalue weighted by atomic mass is 10.1. The molecule has 7 nitrogen and oxygen atoms in total. The van der Waals surface area contributed by atoms with E-state index in [1.54, 1.807) is 0 Å². The second-order valence-electron chi connectivity index (χ2n) is 8.18. The van der Waals surface area contributed by atoms with E-state index in [2.05, 4.69) is 27.6 Å². The van der Waals surface area contributed by atoms with E-state index in [1.807, 2.05) is 85.1 Å². The van der Waals surface area contributed by atoms with Crippen molar-refractivity contribution in [2.24, 2.45) is 0 Å². The van der Waals surface area contributed by atoms with Gasteiger partial charge in [-0.1, -0.05) is 65.9 Å². The van der Waals surface area contributed by atoms with Crippen LogP contribution in [0, 0.1) is 18.3 Å². The molecule has 0 radical (unpaired) electrons. The number of amides is 1. The normalized spacial score (nSPS) is 10.6. The summed E-state index contributed by atoms with van der Waals surface area (Å²) in [4.78, 5) is 12.8. The summed E-state index contributed by atoms with van der Waals surface area (Å²) in [7, 11) is 0. The SMILES string of the molecule is CCn1c(SCC(=O)Nc2ccccc2COc2ccc(CC#N)cc2)nnc1-c1cccc(C)c1. The van der Waals surface area contributed by atoms with Crippen LogP contribution in [0.4, 0.5) is 5.69 Å². The number of carbonyl (C=O) groups excluding carboxylic acids is 1. The highest BCUT2D eigenvalue weighted by Crippen LogP contribution is 2.25. The number of nitriles is 1. The predicted octanol–water partition coefficient (Wildman–Crippen LogP) is 5.65. The summed E-state index contributed by atoms with van der Waals surface area (Å²) in [6.45, 7) is 5.11. The standard InChI is InChI=1S/C28H27N5O2S/c1-3-33-27(22-9-6-7-20(2)17-22)31-32-28(33)36-19-26(34)30-25-10-5-4-8-23(25)18-35-24-13-11-21(12-14-24)15-16-29/h4-14,17H,3,15,18-19H2,1-2H3,(H,30,34). The van der Waals surface area contributed by atoms with Gasteiger partial charge in [0.25, 0.3) is 0 Å². The van der Waals surface area contributed by atoms with E-state index < -0.39 is 0 Å². The van der Waals surface area contributed by atoms with Crippen LogP contribution in [0.15, 0.2) is 78.0 Å². The molecule has 1 N–H and O–H groups in total. The Morgan fingerprint density at radius 2 is 1.89 bits per heavy atom. The molecule has 8 heteroatoms. The molecule has 0 saturated carbocycles. The Morgan fingerprint density at radius 1 is 1.08 bits per heavy atom. The number of hydrogen-bond donors (Lipinski definition) is 1. The zero-order chi connectivity index (χ0) is 25.3. The maximum atomic E-state index is 12.8. The first kappa shape index (κ1) is 25.0. The van der Waals surface area contributed by atoms with Gasteiger partial charge in [-0.15, -0.1) is 10.2 Å². The Bertz CT molecular complexity index is 1380. The van der Waals surface area contributed by atoms with E-state index in [0.717, 1.165) is 28.1 Å². The summed E-state index contributed by atoms with van der Waals surface area (Å²) in [6.07, 6.45) is 0.370. The van der Waals surface area contributed by atoms with Crippen LogP contribution < -0.4 is 10.1 Å². The molecule has 0 aliphatic heterocycles. The molecule has 0 aliphatic rings. The topological polar surface area (TPSA) is 92.8 Å². The molecule has 4 rings (SSSR count). The number of benzene rings is 3. The van der Waals surface area contributed by atoms with Crippen molar-refractivity contribution in [1.29, 1.82) is 5.26 Å². The van der Waals surface area contributed by atoms with Crippen LogP contribution in [0.1, 0.15) is 23.6 Å². The highest BCUT2D eigenvalue weighted by Gasteiger charge is 2.15. The molecule has 0 saturated heterocycles. The molecule has 0 bridgehead atoms. The molecule has 0 atom stereocenters. The number of carbonyl (C=O) groups is 1. The van der Waals surface area contributed by atoms with E-state index in [1.165, 1.54) is 11.8 Å². The predicted molar refractivity (Wildman–Crippen MR) is 142 cm³/mol. The molecule has 4 aromatic rings. The number of anilines is 1. The number of para-hydroxylation sites is 1. The van der Waals surface area contributed by atoms with Crippen molar-refractivity contribution in [2.75, 3.05) is 11.1 Å². The lowest BCUT2D eigenvalue weighted by Gasteiger charge is -2.13. The number of hydrogen-bond acceptors (Lipinski definition) is 6. The van der Waals surface area contributed by atoms with Crippen LogP contribution >= 0.6 is 11.8 Å². The molecule has 0 unspecified atom stereocenters. The molecule has 0 aliphatic carbocycles. The quantitative estimate of drug-likeness (QED) is 0.285. The molecule has 1 aromatic heterocycles. The molecule has 1 heterocycles. The Balaban J connectivity index is 1.37. The van der Waals surface area contributed by atoms with Gasteiger partial charge in [-0.2, -0.15) is 5.26 Å². The molecule has 0 spiro atoms. The third-order valence-corrected chi connectivity index (χ3v) is 6.50. The molecule has 1 amide bonds. The van der Waals surface area contributed by atoms with Crippen molar-refractivity contribution in [1.82, 2.24) is 14.8 Å². The summed E-state index contributed by atoms with van der Waals surface area (Å²) in [5, 5.41) is 21.2. The first-order valence-electron chi connectivity index (χ1n) is 11.7. The lowest BCUT2D eigenvalue weighted by Crippen LogP contribution is -2.16. The molecule has 36 heavy (non-hydrogen) atoms. The van der Waals surface area contributed by atoms with Crippen molar-refractivity contribution in [2.45, 2.75) is 38.6 Å². The van der Waals surface area contributed by atoms with Gasteiger partial charge in [0, 0.05) is 23.4 Å². The van der Waals surface area contributed by atoms with Gasteiger partial charge in [0.05, 0.1) is 18.2 Å². The largest absolute Gasteiger partial charge is 0.489 e. The Labute approximate surface area is 215 Å². The van der Waals surface area contributed by atoms with Crippen molar-refractivity contribution >= 4 is 23.4 Å². The minimum absolute atomic E-state index is 0.129. The van der Waals surface area contributed by atoms with Crippen LogP contribution in [0.3, 0.4) is 0 Å². The highest BCUT2D eigenvalue weighted by atomic mass is 32.2. The molecule has 182 valence electrons. The van der Waals surface area contributed by atoms with E-state index in [4.69, 9.17) is 10.00 Å². The molecular formula is C28H27N5O2S. The summed E-state index contributed by atoms with van der Waals surface area (Å²) in [5.74, 6) is 1.58. The third-order valence-electron chi connectivity index (χ3n) is 5.53. The van der Waals surface area contributed by atoms with E-state index in [0.29, 0.717) is 36.2 Å². The van der Waals surface area contributed by atoms with Gasteiger partial charge in [-0.25, -0.2) is 0 Å². The fourth-order valence-corrected chi connectivity index (χ4v) is 4.52. The molecule has 0 fully saturated rings. The van der Waals surface area contributed by atoms with Gasteiger partial charge in [-0.05, 0) is 43.7 Å². The Hall–Kier alpha value is -4.09. The molecular weight excluding hydrogens is 470 g/mol. The third kappa shape index (κ3) is 6.32. The lowest BCUT2D eigenvalue weighted by molar-refractivity contribution is -0.113. The van der Waals surface area contributed by atoms with Crippen LogP contribution in [-0.2, 0) is 24.4 Å². The molecule has 3 aromatic carbocycles. The monoisotopic (exact) mass is 497 g/mol. The fourth-order valence-electron chi connectivity index (χ4n) is 3.72. The first-order chi connectivity index (χ1) is 17.6. The number of nitrogens with one attached hydrogen (secondary N) is 1. The van der Waals surface area contributed by atoms with E-state index in [-0.39, 0.29) is 11.7 Å². The van der Waals surface area contributed by atoms with Crippen molar-refractivity contribution < 1.29 is 9.53 Å². The van der Waals surface area contributed by atoms with Gasteiger partial charge in [-0.3, -0.25) is 4.79 Å². The Morgan fingerprint density at radius 3 is 2.64 bits per heavy atom. The average Bonchev–Trinajstić information content (AvgIpc) is 3.31. The van der Waals surface area contributed by atoms with Gasteiger partial charge >= 0.3 is 0 Å². The van der Waals surface area contributed by atoms with Crippen molar-refractivity contribution in [3.63, 3.8) is 0 Å². The van der Waals surface area contributed by atoms with Gasteiger partial charge in [0.2, 0.25) is 5.91 Å². The maximum Gasteiger partial charge on any atom is 0.234 e. The summed E-state index contributed by atoms with van der Waals surface area (Å²) < 4.78 is 7.92. The second kappa shape index (κ2) is 12.0. The Kier molecular flexibility index (Phi) is 8.37. The minimum Gasteiger partial charge on any atom is -0.489 e. The minimum atomic E-state index is -0.129. The van der Waals surface area contributed by atoms with Crippen molar-refractivity contribution in [3.05, 3.63) is 89.5 Å². The highest BCUT2D eigenvalue weighted by molar-refractivity contribution is 7.99. The van der Waals surface area contributed by atoms with Gasteiger partial charge < -0.3 is 14.6 Å². The number of aromatic nitrogens is 3. The van der Waals surface area contributed by atoms with Gasteiger partial charge in [0.1, 0.15) is 12.4 Å². The average molecular weight is 498 g/mol. The smallest absolute Gasteiger partial charge is 0.234 e. The van der Waals surface area contributed by atoms with E-state index >= 15 is 0 Å². The van der Waals surface area contributed by atoms with Gasteiger partial charge in [0.15, 0.2) is 11.0 Å². The second-order valence-corrected chi connectivity index (χ2v) is 9.12. The number of aryl methyl sites for hydroxylation is 1. The first-order valence-corrected chi connectivity index (χ1v) is 12.7. The summed E-state index contributed by atoms with van der Waals surface area (Å²) >= 11 is 1.36. The number of ether oxygens (including phenoxy) is 1. The van der Waals surface area contributed by atoms with Crippen LogP contribution in [-0.4, -0.2) is 26.4 Å². The van der Waals surface area contributed by atoms with E-state index in [9.17, 15) is 4.79 Å². The van der Waals surface area contributed by atoms with Crippen molar-refractivity contribution in [3.8, 4) is 23.2 Å². The zero-order valence-corrected chi connectivity index (χ0v) is 21.1. The van der Waals surface area contributed by atoms with Crippen LogP contribution in [0.25, 0.3) is 11.4 Å². The summed E-state index contributed by atoms with van der Waals surface area (Å²) in [6, 6.07) is 25.3. The van der Waals surface area contributed by atoms with Crippen LogP contribution in [0.2, 0.25) is 0 Å².